The van der Waals surface area contributed by atoms with E-state index >= 15 is 0 Å². The lowest BCUT2D eigenvalue weighted by atomic mass is 9.63. The SMILES string of the molecule is COc1cc(OC)c(NC(=O)C2(C#N)CC(C)C2)cc1Cl. The number of anilines is 1. The molecule has 0 unspecified atom stereocenters. The van der Waals surface area contributed by atoms with Crippen molar-refractivity contribution in [3.05, 3.63) is 17.2 Å². The summed E-state index contributed by atoms with van der Waals surface area (Å²) < 4.78 is 10.3. The zero-order chi connectivity index (χ0) is 15.6. The van der Waals surface area contributed by atoms with Crippen molar-refractivity contribution in [2.45, 2.75) is 19.8 Å². The number of hydrogen-bond donors (Lipinski definition) is 1. The van der Waals surface area contributed by atoms with Crippen molar-refractivity contribution >= 4 is 23.2 Å². The maximum Gasteiger partial charge on any atom is 0.244 e. The number of nitriles is 1. The van der Waals surface area contributed by atoms with E-state index in [1.807, 2.05) is 6.92 Å². The molecule has 1 fully saturated rings. The zero-order valence-electron chi connectivity index (χ0n) is 12.2. The van der Waals surface area contributed by atoms with Gasteiger partial charge in [-0.25, -0.2) is 0 Å². The van der Waals surface area contributed by atoms with Gasteiger partial charge >= 0.3 is 0 Å². The molecule has 1 aromatic rings. The second-order valence-electron chi connectivity index (χ2n) is 5.35. The molecule has 0 radical (unpaired) electrons. The number of benzene rings is 1. The molecule has 0 aliphatic heterocycles. The van der Waals surface area contributed by atoms with Crippen LogP contribution in [0.1, 0.15) is 19.8 Å². The molecular weight excluding hydrogens is 292 g/mol. The molecule has 112 valence electrons. The van der Waals surface area contributed by atoms with Crippen molar-refractivity contribution in [3.8, 4) is 17.6 Å². The van der Waals surface area contributed by atoms with Gasteiger partial charge in [-0.1, -0.05) is 18.5 Å². The number of carbonyl (C=O) groups excluding carboxylic acids is 1. The van der Waals surface area contributed by atoms with Crippen molar-refractivity contribution in [2.75, 3.05) is 19.5 Å². The minimum absolute atomic E-state index is 0.317. The Hall–Kier alpha value is -1.93. The fourth-order valence-corrected chi connectivity index (χ4v) is 2.90. The third-order valence-electron chi connectivity index (χ3n) is 3.76. The molecule has 6 heteroatoms. The van der Waals surface area contributed by atoms with Crippen LogP contribution < -0.4 is 14.8 Å². The van der Waals surface area contributed by atoms with Gasteiger partial charge in [0, 0.05) is 6.07 Å². The second kappa shape index (κ2) is 5.82. The minimum atomic E-state index is -0.948. The van der Waals surface area contributed by atoms with E-state index in [1.54, 1.807) is 12.1 Å². The Kier molecular flexibility index (Phi) is 4.29. The van der Waals surface area contributed by atoms with E-state index in [0.29, 0.717) is 41.0 Å². The normalized spacial score (nSPS) is 23.7. The van der Waals surface area contributed by atoms with Gasteiger partial charge in [-0.3, -0.25) is 4.79 Å². The van der Waals surface area contributed by atoms with Crippen molar-refractivity contribution in [1.29, 1.82) is 5.26 Å². The van der Waals surface area contributed by atoms with Crippen LogP contribution in [0.15, 0.2) is 12.1 Å². The fourth-order valence-electron chi connectivity index (χ4n) is 2.66. The number of halogens is 1. The smallest absolute Gasteiger partial charge is 0.244 e. The molecule has 0 atom stereocenters. The summed E-state index contributed by atoms with van der Waals surface area (Å²) in [4.78, 5) is 12.4. The van der Waals surface area contributed by atoms with Gasteiger partial charge in [0.05, 0.1) is 31.0 Å². The highest BCUT2D eigenvalue weighted by Gasteiger charge is 2.49. The molecule has 1 N–H and O–H groups in total. The molecule has 0 bridgehead atoms. The second-order valence-corrected chi connectivity index (χ2v) is 5.76. The maximum absolute atomic E-state index is 12.4. The van der Waals surface area contributed by atoms with E-state index in [1.165, 1.54) is 14.2 Å². The van der Waals surface area contributed by atoms with E-state index in [4.69, 9.17) is 21.1 Å². The van der Waals surface area contributed by atoms with E-state index < -0.39 is 5.41 Å². The van der Waals surface area contributed by atoms with Crippen LogP contribution >= 0.6 is 11.6 Å². The van der Waals surface area contributed by atoms with Gasteiger partial charge < -0.3 is 14.8 Å². The van der Waals surface area contributed by atoms with Crippen LogP contribution in [0, 0.1) is 22.7 Å². The summed E-state index contributed by atoms with van der Waals surface area (Å²) in [6, 6.07) is 5.29. The largest absolute Gasteiger partial charge is 0.495 e. The molecule has 5 nitrogen and oxygen atoms in total. The Morgan fingerprint density at radius 2 is 2.00 bits per heavy atom. The Balaban J connectivity index is 2.25. The van der Waals surface area contributed by atoms with Gasteiger partial charge in [-0.15, -0.1) is 0 Å². The number of ether oxygens (including phenoxy) is 2. The van der Waals surface area contributed by atoms with Crippen molar-refractivity contribution < 1.29 is 14.3 Å². The molecule has 0 heterocycles. The van der Waals surface area contributed by atoms with E-state index in [9.17, 15) is 10.1 Å². The highest BCUT2D eigenvalue weighted by Crippen LogP contribution is 2.46. The van der Waals surface area contributed by atoms with E-state index in [-0.39, 0.29) is 5.91 Å². The molecule has 1 amide bonds. The number of nitrogens with one attached hydrogen (secondary N) is 1. The lowest BCUT2D eigenvalue weighted by Crippen LogP contribution is -2.45. The summed E-state index contributed by atoms with van der Waals surface area (Å²) in [5.74, 6) is 0.961. The molecule has 1 saturated carbocycles. The molecule has 21 heavy (non-hydrogen) atoms. The number of hydrogen-bond acceptors (Lipinski definition) is 4. The third kappa shape index (κ3) is 2.77. The quantitative estimate of drug-likeness (QED) is 0.927. The summed E-state index contributed by atoms with van der Waals surface area (Å²) in [6.45, 7) is 2.02. The first-order valence-electron chi connectivity index (χ1n) is 6.60. The molecule has 0 aromatic heterocycles. The number of nitrogens with zero attached hydrogens (tertiary/aromatic N) is 1. The lowest BCUT2D eigenvalue weighted by Gasteiger charge is -2.39. The predicted octanol–water partition coefficient (Wildman–Crippen LogP) is 3.24. The average Bonchev–Trinajstić information content (AvgIpc) is 2.43. The topological polar surface area (TPSA) is 71.3 Å². The number of carbonyl (C=O) groups is 1. The van der Waals surface area contributed by atoms with Crippen LogP contribution in [0.25, 0.3) is 0 Å². The first kappa shape index (κ1) is 15.5. The minimum Gasteiger partial charge on any atom is -0.495 e. The van der Waals surface area contributed by atoms with Crippen LogP contribution in [0.5, 0.6) is 11.5 Å². The summed E-state index contributed by atoms with van der Waals surface area (Å²) in [6.07, 6.45) is 1.14. The van der Waals surface area contributed by atoms with Crippen LogP contribution in [0.2, 0.25) is 5.02 Å². The molecule has 2 rings (SSSR count). The fraction of sp³-hybridized carbons (Fsp3) is 0.467. The van der Waals surface area contributed by atoms with Crippen molar-refractivity contribution in [1.82, 2.24) is 0 Å². The van der Waals surface area contributed by atoms with E-state index in [0.717, 1.165) is 0 Å². The van der Waals surface area contributed by atoms with Crippen LogP contribution in [-0.4, -0.2) is 20.1 Å². The molecule has 0 saturated heterocycles. The van der Waals surface area contributed by atoms with Gasteiger partial charge in [-0.05, 0) is 24.8 Å². The molecule has 1 aromatic carbocycles. The van der Waals surface area contributed by atoms with Gasteiger partial charge in [0.2, 0.25) is 5.91 Å². The lowest BCUT2D eigenvalue weighted by molar-refractivity contribution is -0.128. The highest BCUT2D eigenvalue weighted by molar-refractivity contribution is 6.32. The molecule has 1 aliphatic rings. The number of amides is 1. The van der Waals surface area contributed by atoms with Crippen LogP contribution in [0.3, 0.4) is 0 Å². The average molecular weight is 309 g/mol. The Morgan fingerprint density at radius 3 is 2.48 bits per heavy atom. The van der Waals surface area contributed by atoms with Crippen LogP contribution in [0.4, 0.5) is 5.69 Å². The summed E-state index contributed by atoms with van der Waals surface area (Å²) in [7, 11) is 2.99. The number of methoxy groups -OCH3 is 2. The third-order valence-corrected chi connectivity index (χ3v) is 4.06. The van der Waals surface area contributed by atoms with E-state index in [2.05, 4.69) is 11.4 Å². The molecule has 0 spiro atoms. The predicted molar refractivity (Wildman–Crippen MR) is 79.6 cm³/mol. The maximum atomic E-state index is 12.4. The zero-order valence-corrected chi connectivity index (χ0v) is 13.0. The van der Waals surface area contributed by atoms with Gasteiger partial charge in [0.1, 0.15) is 16.9 Å². The molecular formula is C15H17ClN2O3. The Labute approximate surface area is 128 Å². The monoisotopic (exact) mass is 308 g/mol. The van der Waals surface area contributed by atoms with Gasteiger partial charge in [0.15, 0.2) is 0 Å². The van der Waals surface area contributed by atoms with Gasteiger partial charge in [0.25, 0.3) is 0 Å². The summed E-state index contributed by atoms with van der Waals surface area (Å²) in [5, 5.41) is 12.4. The Bertz CT molecular complexity index is 604. The first-order valence-corrected chi connectivity index (χ1v) is 6.98. The molecule has 1 aliphatic carbocycles. The highest BCUT2D eigenvalue weighted by atomic mass is 35.5. The van der Waals surface area contributed by atoms with Gasteiger partial charge in [-0.2, -0.15) is 5.26 Å². The Morgan fingerprint density at radius 1 is 1.38 bits per heavy atom. The van der Waals surface area contributed by atoms with Crippen molar-refractivity contribution in [2.24, 2.45) is 11.3 Å². The number of rotatable bonds is 4. The standard InChI is InChI=1S/C15H17ClN2O3/c1-9-6-15(7-9,8-17)14(19)18-11-4-10(16)12(20-2)5-13(11)21-3/h4-5,9H,6-7H2,1-3H3,(H,18,19). The summed E-state index contributed by atoms with van der Waals surface area (Å²) in [5.41, 5.74) is -0.515. The van der Waals surface area contributed by atoms with Crippen molar-refractivity contribution in [3.63, 3.8) is 0 Å². The van der Waals surface area contributed by atoms with Crippen LogP contribution in [-0.2, 0) is 4.79 Å². The summed E-state index contributed by atoms with van der Waals surface area (Å²) >= 11 is 6.06. The first-order chi connectivity index (χ1) is 9.95.